The highest BCUT2D eigenvalue weighted by Gasteiger charge is 2.37. The summed E-state index contributed by atoms with van der Waals surface area (Å²) in [5.74, 6) is 0.934. The topological polar surface area (TPSA) is 44.4 Å². The Morgan fingerprint density at radius 3 is 2.32 bits per heavy atom. The minimum absolute atomic E-state index is 0.318. The Hall–Kier alpha value is -0.610. The molecule has 0 aromatic carbocycles. The van der Waals surface area contributed by atoms with Gasteiger partial charge in [-0.3, -0.25) is 4.79 Å². The third-order valence-electron chi connectivity index (χ3n) is 6.75. The van der Waals surface area contributed by atoms with E-state index in [1.165, 1.54) is 44.9 Å². The van der Waals surface area contributed by atoms with Crippen molar-refractivity contribution in [3.05, 3.63) is 0 Å². The standard InChI is InChI=1S/C18H31N3O/c1-21-16-3-2-4-17(21)11-15(10-16)20-18(22)9-12-7-13-5-6-14(8-12)19-13/h12-17,19H,2-11H2,1H3,(H,20,22). The van der Waals surface area contributed by atoms with Gasteiger partial charge in [-0.25, -0.2) is 0 Å². The molecule has 4 rings (SSSR count). The smallest absolute Gasteiger partial charge is 0.220 e. The lowest BCUT2D eigenvalue weighted by atomic mass is 9.82. The molecule has 0 saturated carbocycles. The number of nitrogens with zero attached hydrogens (tertiary/aromatic N) is 1. The van der Waals surface area contributed by atoms with Gasteiger partial charge in [0.2, 0.25) is 5.91 Å². The summed E-state index contributed by atoms with van der Waals surface area (Å²) in [6.45, 7) is 0. The van der Waals surface area contributed by atoms with E-state index in [0.29, 0.717) is 42.0 Å². The van der Waals surface area contributed by atoms with Crippen molar-refractivity contribution in [2.24, 2.45) is 5.92 Å². The molecule has 4 bridgehead atoms. The normalized spacial score (nSPS) is 44.8. The third-order valence-corrected chi connectivity index (χ3v) is 6.75. The summed E-state index contributed by atoms with van der Waals surface area (Å²) in [6, 6.07) is 3.22. The third kappa shape index (κ3) is 3.05. The molecule has 4 fully saturated rings. The van der Waals surface area contributed by atoms with E-state index >= 15 is 0 Å². The van der Waals surface area contributed by atoms with Gasteiger partial charge in [-0.15, -0.1) is 0 Å². The average molecular weight is 305 g/mol. The van der Waals surface area contributed by atoms with Gasteiger partial charge in [0.05, 0.1) is 0 Å². The molecule has 0 spiro atoms. The number of rotatable bonds is 3. The molecule has 0 aliphatic carbocycles. The summed E-state index contributed by atoms with van der Waals surface area (Å²) >= 11 is 0. The van der Waals surface area contributed by atoms with Crippen LogP contribution in [-0.2, 0) is 4.79 Å². The molecule has 4 heteroatoms. The van der Waals surface area contributed by atoms with Crippen LogP contribution < -0.4 is 10.6 Å². The van der Waals surface area contributed by atoms with Crippen LogP contribution in [0.4, 0.5) is 0 Å². The molecular weight excluding hydrogens is 274 g/mol. The van der Waals surface area contributed by atoms with Gasteiger partial charge in [0.15, 0.2) is 0 Å². The number of hydrogen-bond acceptors (Lipinski definition) is 3. The minimum Gasteiger partial charge on any atom is -0.353 e. The molecule has 0 aromatic rings. The van der Waals surface area contributed by atoms with E-state index in [-0.39, 0.29) is 0 Å². The van der Waals surface area contributed by atoms with Gasteiger partial charge in [0.25, 0.3) is 0 Å². The number of carbonyl (C=O) groups excluding carboxylic acids is 1. The summed E-state index contributed by atoms with van der Waals surface area (Å²) < 4.78 is 0. The second-order valence-electron chi connectivity index (χ2n) is 8.32. The summed E-state index contributed by atoms with van der Waals surface area (Å²) in [6.07, 6.45) is 12.2. The number of hydrogen-bond donors (Lipinski definition) is 2. The van der Waals surface area contributed by atoms with Crippen LogP contribution in [-0.4, -0.2) is 48.1 Å². The SMILES string of the molecule is CN1C2CCCC1CC(NC(=O)CC1CC3CCC(C1)N3)C2. The van der Waals surface area contributed by atoms with Crippen LogP contribution >= 0.6 is 0 Å². The number of amides is 1. The van der Waals surface area contributed by atoms with Crippen LogP contribution in [0.25, 0.3) is 0 Å². The average Bonchev–Trinajstić information content (AvgIpc) is 2.79. The Balaban J connectivity index is 1.27. The molecular formula is C18H31N3O. The molecule has 22 heavy (non-hydrogen) atoms. The minimum atomic E-state index is 0.318. The fourth-order valence-corrected chi connectivity index (χ4v) is 5.62. The molecule has 4 nitrogen and oxygen atoms in total. The lowest BCUT2D eigenvalue weighted by Crippen LogP contribution is -2.55. The largest absolute Gasteiger partial charge is 0.353 e. The Bertz CT molecular complexity index is 401. The molecule has 4 aliphatic rings. The summed E-state index contributed by atoms with van der Waals surface area (Å²) in [7, 11) is 2.28. The zero-order chi connectivity index (χ0) is 15.1. The Morgan fingerprint density at radius 1 is 1.05 bits per heavy atom. The van der Waals surface area contributed by atoms with Crippen molar-refractivity contribution in [1.82, 2.24) is 15.5 Å². The maximum absolute atomic E-state index is 12.5. The Kier molecular flexibility index (Phi) is 4.16. The molecule has 4 aliphatic heterocycles. The predicted molar refractivity (Wildman–Crippen MR) is 87.6 cm³/mol. The van der Waals surface area contributed by atoms with Crippen molar-refractivity contribution in [3.63, 3.8) is 0 Å². The lowest BCUT2D eigenvalue weighted by molar-refractivity contribution is -0.123. The predicted octanol–water partition coefficient (Wildman–Crippen LogP) is 2.04. The van der Waals surface area contributed by atoms with Crippen LogP contribution in [0.5, 0.6) is 0 Å². The van der Waals surface area contributed by atoms with Crippen molar-refractivity contribution in [3.8, 4) is 0 Å². The summed E-state index contributed by atoms with van der Waals surface area (Å²) in [5.41, 5.74) is 0. The van der Waals surface area contributed by atoms with E-state index in [0.717, 1.165) is 19.3 Å². The molecule has 4 unspecified atom stereocenters. The van der Waals surface area contributed by atoms with Gasteiger partial charge in [-0.2, -0.15) is 0 Å². The highest BCUT2D eigenvalue weighted by molar-refractivity contribution is 5.76. The van der Waals surface area contributed by atoms with Crippen molar-refractivity contribution in [1.29, 1.82) is 0 Å². The van der Waals surface area contributed by atoms with E-state index in [1.54, 1.807) is 0 Å². The van der Waals surface area contributed by atoms with Crippen molar-refractivity contribution < 1.29 is 4.79 Å². The summed E-state index contributed by atoms with van der Waals surface area (Å²) in [4.78, 5) is 15.0. The van der Waals surface area contributed by atoms with Crippen LogP contribution in [0.15, 0.2) is 0 Å². The Morgan fingerprint density at radius 2 is 1.68 bits per heavy atom. The highest BCUT2D eigenvalue weighted by atomic mass is 16.1. The fourth-order valence-electron chi connectivity index (χ4n) is 5.62. The molecule has 4 atom stereocenters. The summed E-state index contributed by atoms with van der Waals surface area (Å²) in [5, 5.41) is 7.05. The highest BCUT2D eigenvalue weighted by Crippen LogP contribution is 2.34. The first kappa shape index (κ1) is 14.9. The molecule has 0 radical (unpaired) electrons. The number of piperidine rings is 3. The Labute approximate surface area is 134 Å². The van der Waals surface area contributed by atoms with Gasteiger partial charge < -0.3 is 15.5 Å². The van der Waals surface area contributed by atoms with Gasteiger partial charge >= 0.3 is 0 Å². The van der Waals surface area contributed by atoms with Crippen LogP contribution in [0, 0.1) is 5.92 Å². The first-order chi connectivity index (χ1) is 10.7. The van der Waals surface area contributed by atoms with Gasteiger partial charge in [0.1, 0.15) is 0 Å². The monoisotopic (exact) mass is 305 g/mol. The van der Waals surface area contributed by atoms with E-state index in [1.807, 2.05) is 0 Å². The maximum atomic E-state index is 12.5. The van der Waals surface area contributed by atoms with Crippen molar-refractivity contribution in [2.75, 3.05) is 7.05 Å². The quantitative estimate of drug-likeness (QED) is 0.839. The number of nitrogens with one attached hydrogen (secondary N) is 2. The zero-order valence-corrected chi connectivity index (χ0v) is 13.9. The van der Waals surface area contributed by atoms with E-state index in [9.17, 15) is 4.79 Å². The molecule has 0 aromatic heterocycles. The van der Waals surface area contributed by atoms with E-state index in [2.05, 4.69) is 22.6 Å². The van der Waals surface area contributed by atoms with Crippen LogP contribution in [0.1, 0.15) is 64.2 Å². The molecule has 4 heterocycles. The van der Waals surface area contributed by atoms with E-state index < -0.39 is 0 Å². The molecule has 2 N–H and O–H groups in total. The van der Waals surface area contributed by atoms with Gasteiger partial charge in [-0.05, 0) is 64.3 Å². The second-order valence-corrected chi connectivity index (χ2v) is 8.32. The fraction of sp³-hybridized carbons (Fsp3) is 0.944. The van der Waals surface area contributed by atoms with Crippen molar-refractivity contribution in [2.45, 2.75) is 94.4 Å². The number of fused-ring (bicyclic) bond motifs is 4. The van der Waals surface area contributed by atoms with Gasteiger partial charge in [-0.1, -0.05) is 6.42 Å². The lowest BCUT2D eigenvalue weighted by Gasteiger charge is -2.47. The molecule has 1 amide bonds. The van der Waals surface area contributed by atoms with Crippen molar-refractivity contribution >= 4 is 5.91 Å². The first-order valence-electron chi connectivity index (χ1n) is 9.44. The van der Waals surface area contributed by atoms with Crippen LogP contribution in [0.2, 0.25) is 0 Å². The van der Waals surface area contributed by atoms with Crippen LogP contribution in [0.3, 0.4) is 0 Å². The van der Waals surface area contributed by atoms with E-state index in [4.69, 9.17) is 0 Å². The van der Waals surface area contributed by atoms with Gasteiger partial charge in [0, 0.05) is 36.6 Å². The maximum Gasteiger partial charge on any atom is 0.220 e. The zero-order valence-electron chi connectivity index (χ0n) is 13.9. The molecule has 4 saturated heterocycles. The second kappa shape index (κ2) is 6.12. The molecule has 124 valence electrons. The number of carbonyl (C=O) groups is 1. The first-order valence-corrected chi connectivity index (χ1v) is 9.44.